The number of methoxy groups -OCH3 is 1. The van der Waals surface area contributed by atoms with E-state index in [-0.39, 0.29) is 11.5 Å². The number of carbonyl (C=O) groups excluding carboxylic acids is 1. The SMILES string of the molecule is CNC(=O)c1cnc2nc1Nc1cc(cc(-c3ncn(C)n3)c1OC)COCc1cc(ccc1C)N2. The zero-order valence-corrected chi connectivity index (χ0v) is 20.4. The third-order valence-electron chi connectivity index (χ3n) is 5.84. The van der Waals surface area contributed by atoms with Gasteiger partial charge in [0, 0.05) is 26.0 Å². The number of hydrogen-bond donors (Lipinski definition) is 3. The molecule has 0 radical (unpaired) electrons. The van der Waals surface area contributed by atoms with E-state index in [1.807, 2.05) is 37.3 Å². The molecule has 11 heteroatoms. The van der Waals surface area contributed by atoms with Crippen LogP contribution in [0.25, 0.3) is 11.4 Å². The van der Waals surface area contributed by atoms with Crippen LogP contribution in [0.4, 0.5) is 23.1 Å². The molecular formula is C25H26N8O3. The van der Waals surface area contributed by atoms with Gasteiger partial charge in [0.15, 0.2) is 11.6 Å². The number of fused-ring (bicyclic) bond motifs is 6. The van der Waals surface area contributed by atoms with E-state index in [0.717, 1.165) is 22.4 Å². The van der Waals surface area contributed by atoms with Crippen molar-refractivity contribution < 1.29 is 14.3 Å². The van der Waals surface area contributed by atoms with Crippen molar-refractivity contribution in [2.45, 2.75) is 20.1 Å². The predicted octanol–water partition coefficient (Wildman–Crippen LogP) is 3.47. The maximum absolute atomic E-state index is 12.6. The van der Waals surface area contributed by atoms with Crippen LogP contribution in [-0.2, 0) is 25.0 Å². The second kappa shape index (κ2) is 9.62. The Morgan fingerprint density at radius 3 is 2.78 bits per heavy atom. The lowest BCUT2D eigenvalue weighted by atomic mass is 10.1. The molecule has 3 heterocycles. The summed E-state index contributed by atoms with van der Waals surface area (Å²) in [7, 11) is 4.93. The van der Waals surface area contributed by atoms with Crippen LogP contribution < -0.4 is 20.7 Å². The third-order valence-corrected chi connectivity index (χ3v) is 5.84. The summed E-state index contributed by atoms with van der Waals surface area (Å²) in [6.45, 7) is 2.81. The molecule has 6 bridgehead atoms. The molecule has 184 valence electrons. The van der Waals surface area contributed by atoms with Crippen LogP contribution in [0.5, 0.6) is 5.75 Å². The van der Waals surface area contributed by atoms with E-state index in [2.05, 4.69) is 36.0 Å². The van der Waals surface area contributed by atoms with Gasteiger partial charge in [-0.2, -0.15) is 10.1 Å². The topological polar surface area (TPSA) is 128 Å². The largest absolute Gasteiger partial charge is 0.494 e. The average Bonchev–Trinajstić information content (AvgIpc) is 3.31. The van der Waals surface area contributed by atoms with Gasteiger partial charge in [0.25, 0.3) is 5.91 Å². The van der Waals surface area contributed by atoms with Crippen molar-refractivity contribution in [3.63, 3.8) is 0 Å². The summed E-state index contributed by atoms with van der Waals surface area (Å²) in [4.78, 5) is 26.0. The minimum atomic E-state index is -0.326. The summed E-state index contributed by atoms with van der Waals surface area (Å²) in [6, 6.07) is 9.82. The van der Waals surface area contributed by atoms with Gasteiger partial charge >= 0.3 is 0 Å². The van der Waals surface area contributed by atoms with E-state index in [0.29, 0.717) is 47.8 Å². The molecular weight excluding hydrogens is 460 g/mol. The van der Waals surface area contributed by atoms with E-state index in [4.69, 9.17) is 9.47 Å². The second-order valence-electron chi connectivity index (χ2n) is 8.39. The zero-order chi connectivity index (χ0) is 25.2. The first kappa shape index (κ1) is 23.2. The highest BCUT2D eigenvalue weighted by Gasteiger charge is 2.21. The molecule has 3 N–H and O–H groups in total. The molecule has 0 spiro atoms. The molecule has 11 nitrogen and oxygen atoms in total. The molecule has 0 unspecified atom stereocenters. The molecule has 36 heavy (non-hydrogen) atoms. The highest BCUT2D eigenvalue weighted by atomic mass is 16.5. The van der Waals surface area contributed by atoms with Gasteiger partial charge in [0.1, 0.15) is 17.7 Å². The van der Waals surface area contributed by atoms with Gasteiger partial charge in [0.05, 0.1) is 31.6 Å². The van der Waals surface area contributed by atoms with E-state index in [9.17, 15) is 4.79 Å². The summed E-state index contributed by atoms with van der Waals surface area (Å²) in [5.74, 6) is 1.33. The fourth-order valence-electron chi connectivity index (χ4n) is 3.99. The number of rotatable bonds is 3. The Bertz CT molecular complexity index is 1450. The molecule has 0 aliphatic carbocycles. The van der Waals surface area contributed by atoms with Crippen LogP contribution >= 0.6 is 0 Å². The van der Waals surface area contributed by atoms with Crippen molar-refractivity contribution in [1.82, 2.24) is 30.0 Å². The van der Waals surface area contributed by atoms with Gasteiger partial charge in [-0.1, -0.05) is 6.07 Å². The van der Waals surface area contributed by atoms with Crippen molar-refractivity contribution >= 4 is 29.0 Å². The van der Waals surface area contributed by atoms with E-state index >= 15 is 0 Å². The lowest BCUT2D eigenvalue weighted by molar-refractivity contribution is 0.0963. The fourth-order valence-corrected chi connectivity index (χ4v) is 3.99. The van der Waals surface area contributed by atoms with Crippen LogP contribution in [-0.4, -0.2) is 44.8 Å². The van der Waals surface area contributed by atoms with Crippen LogP contribution in [0.1, 0.15) is 27.0 Å². The Kier molecular flexibility index (Phi) is 6.21. The molecule has 1 amide bonds. The molecule has 0 fully saturated rings. The Hall–Kier alpha value is -4.51. The molecule has 1 aliphatic rings. The number of nitrogens with one attached hydrogen (secondary N) is 3. The first-order valence-corrected chi connectivity index (χ1v) is 11.3. The smallest absolute Gasteiger partial charge is 0.256 e. The van der Waals surface area contributed by atoms with Crippen molar-refractivity contribution in [2.24, 2.45) is 7.05 Å². The highest BCUT2D eigenvalue weighted by Crippen LogP contribution is 2.39. The van der Waals surface area contributed by atoms with Crippen molar-refractivity contribution in [2.75, 3.05) is 24.8 Å². The van der Waals surface area contributed by atoms with Crippen LogP contribution in [0.3, 0.4) is 0 Å². The molecule has 4 aromatic rings. The third kappa shape index (κ3) is 4.56. The van der Waals surface area contributed by atoms with Gasteiger partial charge in [-0.15, -0.1) is 0 Å². The summed E-state index contributed by atoms with van der Waals surface area (Å²) < 4.78 is 13.5. The monoisotopic (exact) mass is 486 g/mol. The van der Waals surface area contributed by atoms with Gasteiger partial charge in [-0.3, -0.25) is 9.48 Å². The number of aromatic nitrogens is 5. The maximum Gasteiger partial charge on any atom is 0.256 e. The summed E-state index contributed by atoms with van der Waals surface area (Å²) in [6.07, 6.45) is 3.11. The number of carbonyl (C=O) groups is 1. The quantitative estimate of drug-likeness (QED) is 0.399. The zero-order valence-electron chi connectivity index (χ0n) is 20.4. The molecule has 2 aromatic heterocycles. The highest BCUT2D eigenvalue weighted by molar-refractivity contribution is 5.99. The maximum atomic E-state index is 12.6. The fraction of sp³-hybridized carbons (Fsp3) is 0.240. The first-order valence-electron chi connectivity index (χ1n) is 11.3. The second-order valence-corrected chi connectivity index (χ2v) is 8.39. The van der Waals surface area contributed by atoms with Crippen molar-refractivity contribution in [3.05, 3.63) is 65.1 Å². The minimum absolute atomic E-state index is 0.279. The number of aryl methyl sites for hydroxylation is 2. The minimum Gasteiger partial charge on any atom is -0.494 e. The van der Waals surface area contributed by atoms with E-state index < -0.39 is 0 Å². The molecule has 2 aromatic carbocycles. The Morgan fingerprint density at radius 1 is 1.17 bits per heavy atom. The summed E-state index contributed by atoms with van der Waals surface area (Å²) in [5.41, 5.74) is 5.39. The number of nitrogens with zero attached hydrogens (tertiary/aromatic N) is 5. The van der Waals surface area contributed by atoms with Gasteiger partial charge < -0.3 is 25.4 Å². The number of hydrogen-bond acceptors (Lipinski definition) is 9. The normalized spacial score (nSPS) is 12.7. The van der Waals surface area contributed by atoms with E-state index in [1.165, 1.54) is 6.20 Å². The summed E-state index contributed by atoms with van der Waals surface area (Å²) >= 11 is 0. The molecule has 0 saturated carbocycles. The standard InChI is InChI=1S/C25H26N8O3/c1-14-5-6-17-9-16(14)12-36-11-15-7-18(22-28-13-33(3)32-22)21(35-4)20(8-15)30-23-19(24(34)26-2)10-27-25(29-17)31-23/h5-10,13H,11-12H2,1-4H3,(H,26,34)(H2,27,29,30,31). The van der Waals surface area contributed by atoms with Crippen LogP contribution in [0.2, 0.25) is 0 Å². The molecule has 1 aliphatic heterocycles. The Balaban J connectivity index is 1.70. The van der Waals surface area contributed by atoms with Gasteiger partial charge in [-0.05, 0) is 47.9 Å². The first-order chi connectivity index (χ1) is 17.4. The lowest BCUT2D eigenvalue weighted by Crippen LogP contribution is -2.20. The van der Waals surface area contributed by atoms with Crippen molar-refractivity contribution in [1.29, 1.82) is 0 Å². The lowest BCUT2D eigenvalue weighted by Gasteiger charge is -2.19. The Labute approximate surface area is 207 Å². The number of benzene rings is 2. The number of amides is 1. The van der Waals surface area contributed by atoms with Gasteiger partial charge in [0.2, 0.25) is 5.95 Å². The average molecular weight is 487 g/mol. The molecule has 5 rings (SSSR count). The van der Waals surface area contributed by atoms with Crippen LogP contribution in [0.15, 0.2) is 42.9 Å². The van der Waals surface area contributed by atoms with Gasteiger partial charge in [-0.25, -0.2) is 9.97 Å². The van der Waals surface area contributed by atoms with E-state index in [1.54, 1.807) is 32.2 Å². The predicted molar refractivity (Wildman–Crippen MR) is 135 cm³/mol. The number of anilines is 4. The molecule has 0 atom stereocenters. The number of ether oxygens (including phenoxy) is 2. The molecule has 0 saturated heterocycles. The van der Waals surface area contributed by atoms with Crippen molar-refractivity contribution in [3.8, 4) is 17.1 Å². The Morgan fingerprint density at radius 2 is 2.03 bits per heavy atom. The van der Waals surface area contributed by atoms with Crippen LogP contribution in [0, 0.1) is 6.92 Å². The summed E-state index contributed by atoms with van der Waals surface area (Å²) in [5, 5.41) is 13.6.